The third-order valence-corrected chi connectivity index (χ3v) is 3.79. The lowest BCUT2D eigenvalue weighted by Crippen LogP contribution is -2.21. The second-order valence-electron chi connectivity index (χ2n) is 5.30. The molecule has 1 heterocycles. The van der Waals surface area contributed by atoms with E-state index in [1.165, 1.54) is 6.42 Å². The van der Waals surface area contributed by atoms with Crippen molar-refractivity contribution in [3.05, 3.63) is 11.4 Å². The van der Waals surface area contributed by atoms with Crippen molar-refractivity contribution in [1.82, 2.24) is 15.0 Å². The number of carboxylic acid groups (broad SMARTS) is 1. The van der Waals surface area contributed by atoms with Gasteiger partial charge in [0.15, 0.2) is 5.69 Å². The summed E-state index contributed by atoms with van der Waals surface area (Å²) in [7, 11) is 1.61. The summed E-state index contributed by atoms with van der Waals surface area (Å²) in [5.74, 6) is -0.354. The smallest absolute Gasteiger partial charge is 0.358 e. The number of ether oxygens (including phenoxy) is 1. The summed E-state index contributed by atoms with van der Waals surface area (Å²) >= 11 is 0. The van der Waals surface area contributed by atoms with Gasteiger partial charge in [-0.25, -0.2) is 9.48 Å². The van der Waals surface area contributed by atoms with E-state index in [1.807, 2.05) is 4.68 Å². The van der Waals surface area contributed by atoms with Crippen molar-refractivity contribution in [3.63, 3.8) is 0 Å². The second-order valence-corrected chi connectivity index (χ2v) is 5.30. The van der Waals surface area contributed by atoms with E-state index in [1.54, 1.807) is 7.11 Å². The van der Waals surface area contributed by atoms with Crippen LogP contribution in [0.25, 0.3) is 0 Å². The van der Waals surface area contributed by atoms with Gasteiger partial charge in [-0.15, -0.1) is 5.10 Å². The minimum atomic E-state index is -1.01. The summed E-state index contributed by atoms with van der Waals surface area (Å²) in [6, 6.07) is 0.274. The molecule has 1 saturated carbocycles. The molecule has 0 radical (unpaired) electrons. The number of carbonyl (C=O) groups is 1. The lowest BCUT2D eigenvalue weighted by molar-refractivity contribution is 0.0688. The Labute approximate surface area is 112 Å². The summed E-state index contributed by atoms with van der Waals surface area (Å²) < 4.78 is 6.87. The first kappa shape index (κ1) is 14.0. The highest BCUT2D eigenvalue weighted by molar-refractivity contribution is 5.86. The molecule has 2 unspecified atom stereocenters. The number of methoxy groups -OCH3 is 1. The first-order valence-electron chi connectivity index (χ1n) is 6.79. The fourth-order valence-electron chi connectivity index (χ4n) is 2.83. The standard InChI is InChI=1S/C13H21N3O3/c1-9-4-3-5-10(8-9)16-11(6-7-19-2)12(13(17)18)14-15-16/h9-10H,3-8H2,1-2H3,(H,17,18). The molecule has 0 aliphatic heterocycles. The number of hydrogen-bond donors (Lipinski definition) is 1. The summed E-state index contributed by atoms with van der Waals surface area (Å²) in [5, 5.41) is 17.1. The Morgan fingerprint density at radius 1 is 1.53 bits per heavy atom. The molecule has 106 valence electrons. The van der Waals surface area contributed by atoms with Gasteiger partial charge in [-0.1, -0.05) is 25.0 Å². The zero-order valence-electron chi connectivity index (χ0n) is 11.5. The zero-order chi connectivity index (χ0) is 13.8. The minimum absolute atomic E-state index is 0.0651. The topological polar surface area (TPSA) is 77.2 Å². The predicted molar refractivity (Wildman–Crippen MR) is 69.2 cm³/mol. The Kier molecular flexibility index (Phi) is 4.52. The van der Waals surface area contributed by atoms with Crippen LogP contribution in [0.4, 0.5) is 0 Å². The number of aromatic carboxylic acids is 1. The maximum Gasteiger partial charge on any atom is 0.358 e. The van der Waals surface area contributed by atoms with Crippen LogP contribution in [0.2, 0.25) is 0 Å². The Morgan fingerprint density at radius 2 is 2.32 bits per heavy atom. The average molecular weight is 267 g/mol. The van der Waals surface area contributed by atoms with Crippen LogP contribution in [-0.4, -0.2) is 39.8 Å². The predicted octanol–water partition coefficient (Wildman–Crippen LogP) is 1.92. The van der Waals surface area contributed by atoms with Gasteiger partial charge < -0.3 is 9.84 Å². The van der Waals surface area contributed by atoms with Crippen molar-refractivity contribution in [1.29, 1.82) is 0 Å². The average Bonchev–Trinajstić information content (AvgIpc) is 2.80. The monoisotopic (exact) mass is 267 g/mol. The van der Waals surface area contributed by atoms with Gasteiger partial charge in [0.05, 0.1) is 18.3 Å². The largest absolute Gasteiger partial charge is 0.476 e. The molecule has 0 saturated heterocycles. The van der Waals surface area contributed by atoms with Crippen LogP contribution >= 0.6 is 0 Å². The molecule has 0 aromatic carbocycles. The SMILES string of the molecule is COCCc1c(C(=O)O)nnn1C1CCCC(C)C1. The number of carboxylic acids is 1. The van der Waals surface area contributed by atoms with Gasteiger partial charge in [-0.05, 0) is 18.8 Å². The highest BCUT2D eigenvalue weighted by Gasteiger charge is 2.26. The molecule has 1 aromatic rings. The molecule has 2 rings (SSSR count). The van der Waals surface area contributed by atoms with E-state index < -0.39 is 5.97 Å². The highest BCUT2D eigenvalue weighted by atomic mass is 16.5. The number of aromatic nitrogens is 3. The molecule has 19 heavy (non-hydrogen) atoms. The van der Waals surface area contributed by atoms with Gasteiger partial charge >= 0.3 is 5.97 Å². The van der Waals surface area contributed by atoms with Crippen molar-refractivity contribution >= 4 is 5.97 Å². The van der Waals surface area contributed by atoms with Crippen LogP contribution in [-0.2, 0) is 11.2 Å². The number of rotatable bonds is 5. The van der Waals surface area contributed by atoms with Crippen molar-refractivity contribution in [2.45, 2.75) is 45.1 Å². The van der Waals surface area contributed by atoms with Crippen LogP contribution in [0.3, 0.4) is 0 Å². The molecule has 6 nitrogen and oxygen atoms in total. The summed E-state index contributed by atoms with van der Waals surface area (Å²) in [5.41, 5.74) is 0.753. The lowest BCUT2D eigenvalue weighted by atomic mass is 9.87. The van der Waals surface area contributed by atoms with Crippen molar-refractivity contribution in [2.75, 3.05) is 13.7 Å². The van der Waals surface area contributed by atoms with E-state index in [9.17, 15) is 9.90 Å². The molecule has 0 bridgehead atoms. The van der Waals surface area contributed by atoms with Crippen molar-refractivity contribution in [2.24, 2.45) is 5.92 Å². The van der Waals surface area contributed by atoms with Crippen LogP contribution in [0.15, 0.2) is 0 Å². The maximum absolute atomic E-state index is 11.2. The Hall–Kier alpha value is -1.43. The van der Waals surface area contributed by atoms with Gasteiger partial charge in [0.1, 0.15) is 0 Å². The first-order valence-corrected chi connectivity index (χ1v) is 6.79. The summed E-state index contributed by atoms with van der Waals surface area (Å²) in [6.07, 6.45) is 5.04. The van der Waals surface area contributed by atoms with Gasteiger partial charge in [-0.3, -0.25) is 0 Å². The third kappa shape index (κ3) is 3.12. The molecule has 6 heteroatoms. The molecule has 1 aliphatic carbocycles. The van der Waals surface area contributed by atoms with Crippen LogP contribution in [0.1, 0.15) is 54.8 Å². The molecule has 1 N–H and O–H groups in total. The Morgan fingerprint density at radius 3 is 2.95 bits per heavy atom. The van der Waals surface area contributed by atoms with E-state index >= 15 is 0 Å². The van der Waals surface area contributed by atoms with Gasteiger partial charge in [0, 0.05) is 13.5 Å². The van der Waals surface area contributed by atoms with Crippen LogP contribution < -0.4 is 0 Å². The first-order chi connectivity index (χ1) is 9.13. The van der Waals surface area contributed by atoms with E-state index in [4.69, 9.17) is 4.74 Å². The number of hydrogen-bond acceptors (Lipinski definition) is 4. The molecule has 1 aliphatic rings. The summed E-state index contributed by atoms with van der Waals surface area (Å²) in [4.78, 5) is 11.2. The van der Waals surface area contributed by atoms with Crippen LogP contribution in [0.5, 0.6) is 0 Å². The van der Waals surface area contributed by atoms with Gasteiger partial charge in [0.25, 0.3) is 0 Å². The van der Waals surface area contributed by atoms with Gasteiger partial charge in [0.2, 0.25) is 0 Å². The molecule has 0 amide bonds. The van der Waals surface area contributed by atoms with E-state index in [0.29, 0.717) is 24.6 Å². The van der Waals surface area contributed by atoms with E-state index in [-0.39, 0.29) is 11.7 Å². The minimum Gasteiger partial charge on any atom is -0.476 e. The molecule has 1 fully saturated rings. The number of nitrogens with zero attached hydrogens (tertiary/aromatic N) is 3. The van der Waals surface area contributed by atoms with Crippen molar-refractivity contribution < 1.29 is 14.6 Å². The maximum atomic E-state index is 11.2. The fourth-order valence-corrected chi connectivity index (χ4v) is 2.83. The molecule has 0 spiro atoms. The quantitative estimate of drug-likeness (QED) is 0.881. The lowest BCUT2D eigenvalue weighted by Gasteiger charge is -2.27. The normalized spacial score (nSPS) is 23.5. The Bertz CT molecular complexity index is 444. The second kappa shape index (κ2) is 6.14. The zero-order valence-corrected chi connectivity index (χ0v) is 11.5. The molecule has 2 atom stereocenters. The highest BCUT2D eigenvalue weighted by Crippen LogP contribution is 2.32. The summed E-state index contributed by atoms with van der Waals surface area (Å²) in [6.45, 7) is 2.71. The molecular formula is C13H21N3O3. The van der Waals surface area contributed by atoms with E-state index in [0.717, 1.165) is 19.3 Å². The van der Waals surface area contributed by atoms with Crippen molar-refractivity contribution in [3.8, 4) is 0 Å². The molecular weight excluding hydrogens is 246 g/mol. The Balaban J connectivity index is 2.25. The van der Waals surface area contributed by atoms with Crippen LogP contribution in [0, 0.1) is 5.92 Å². The van der Waals surface area contributed by atoms with E-state index in [2.05, 4.69) is 17.2 Å². The molecule has 1 aromatic heterocycles. The third-order valence-electron chi connectivity index (χ3n) is 3.79. The fraction of sp³-hybridized carbons (Fsp3) is 0.769. The van der Waals surface area contributed by atoms with Gasteiger partial charge in [-0.2, -0.15) is 0 Å².